The lowest BCUT2D eigenvalue weighted by Gasteiger charge is -2.24. The molecule has 0 aliphatic rings. The van der Waals surface area contributed by atoms with Crippen molar-refractivity contribution in [3.8, 4) is 0 Å². The summed E-state index contributed by atoms with van der Waals surface area (Å²) in [5.74, 6) is 0. The van der Waals surface area contributed by atoms with Crippen LogP contribution in [0.25, 0.3) is 0 Å². The van der Waals surface area contributed by atoms with Gasteiger partial charge in [-0.3, -0.25) is 0 Å². The Hall–Kier alpha value is 0.532. The molecule has 0 aromatic heterocycles. The summed E-state index contributed by atoms with van der Waals surface area (Å²) in [6, 6.07) is 0. The van der Waals surface area contributed by atoms with Gasteiger partial charge in [0, 0.05) is 0 Å². The molecule has 222 valence electrons. The molecule has 0 aliphatic carbocycles. The van der Waals surface area contributed by atoms with E-state index in [0.717, 1.165) is 0 Å². The second kappa shape index (κ2) is 32.7. The van der Waals surface area contributed by atoms with E-state index in [-0.39, 0.29) is 0 Å². The first-order valence-electron chi connectivity index (χ1n) is 18.3. The second-order valence-electron chi connectivity index (χ2n) is 12.8. The highest BCUT2D eigenvalue weighted by Gasteiger charge is 2.26. The lowest BCUT2D eigenvalue weighted by Crippen LogP contribution is -2.21. The van der Waals surface area contributed by atoms with E-state index < -0.39 is 14.1 Å². The summed E-state index contributed by atoms with van der Waals surface area (Å²) in [5.41, 5.74) is 0. The maximum atomic E-state index is 2.35. The first-order chi connectivity index (χ1) is 18.3. The molecule has 1 heteroatoms. The van der Waals surface area contributed by atoms with Crippen molar-refractivity contribution in [3.05, 3.63) is 0 Å². The molecule has 0 nitrogen and oxygen atoms in total. The van der Waals surface area contributed by atoms with Crippen molar-refractivity contribution < 1.29 is 0 Å². The monoisotopic (exact) mass is 535 g/mol. The highest BCUT2D eigenvalue weighted by Crippen LogP contribution is 2.33. The Labute approximate surface area is 242 Å². The van der Waals surface area contributed by atoms with Crippen molar-refractivity contribution in [2.45, 2.75) is 229 Å². The van der Waals surface area contributed by atoms with Crippen LogP contribution in [0.4, 0.5) is 0 Å². The van der Waals surface area contributed by atoms with Crippen LogP contribution < -0.4 is 0 Å². The zero-order valence-electron chi connectivity index (χ0n) is 27.1. The van der Waals surface area contributed by atoms with Crippen LogP contribution >= 0.6 is 0 Å². The van der Waals surface area contributed by atoms with Gasteiger partial charge in [-0.25, -0.2) is 0 Å². The summed E-state index contributed by atoms with van der Waals surface area (Å²) < 4.78 is 1.17. The zero-order chi connectivity index (χ0) is 27.1. The van der Waals surface area contributed by atoms with Gasteiger partial charge in [-0.2, -0.15) is 0 Å². The highest BCUT2D eigenvalue weighted by atomic mass is 27.2. The fourth-order valence-corrected chi connectivity index (χ4v) is 10.8. The largest absolute Gasteiger partial charge is 0.265 e. The number of rotatable bonds is 32. The molecule has 0 aliphatic heterocycles. The molecule has 1 unspecified atom stereocenters. The Morgan fingerprint density at radius 3 is 0.838 bits per heavy atom. The van der Waals surface area contributed by atoms with Gasteiger partial charge in [-0.15, -0.1) is 0 Å². The number of hydrogen-bond donors (Lipinski definition) is 0. The van der Waals surface area contributed by atoms with Crippen LogP contribution in [0.15, 0.2) is 0 Å². The topological polar surface area (TPSA) is 0 Å². The van der Waals surface area contributed by atoms with Crippen molar-refractivity contribution in [1.29, 1.82) is 0 Å². The van der Waals surface area contributed by atoms with Crippen LogP contribution in [0.1, 0.15) is 214 Å². The van der Waals surface area contributed by atoms with Crippen molar-refractivity contribution in [2.75, 3.05) is 0 Å². The van der Waals surface area contributed by atoms with E-state index in [2.05, 4.69) is 27.7 Å². The van der Waals surface area contributed by atoms with Crippen LogP contribution in [-0.2, 0) is 0 Å². The van der Waals surface area contributed by atoms with Crippen molar-refractivity contribution in [3.63, 3.8) is 0 Å². The molecule has 0 aromatic rings. The molecular formula is C36H75Al. The number of unbranched alkanes of at least 4 members (excludes halogenated alkanes) is 23. The summed E-state index contributed by atoms with van der Waals surface area (Å²) in [4.78, 5) is 0. The molecule has 0 aromatic carbocycles. The van der Waals surface area contributed by atoms with Crippen molar-refractivity contribution in [1.82, 2.24) is 0 Å². The zero-order valence-corrected chi connectivity index (χ0v) is 28.2. The van der Waals surface area contributed by atoms with E-state index in [1.54, 1.807) is 49.1 Å². The van der Waals surface area contributed by atoms with Crippen LogP contribution in [0.5, 0.6) is 0 Å². The Morgan fingerprint density at radius 1 is 0.297 bits per heavy atom. The SMILES string of the molecule is CCCCCCCCCC[CH](CCCCCCCCC)[Al]([CH2]CCCCCCC)[CH2]CCCCCCC. The Bertz CT molecular complexity index is 376. The minimum atomic E-state index is -0.611. The predicted octanol–water partition coefficient (Wildman–Crippen LogP) is 14.2. The van der Waals surface area contributed by atoms with E-state index in [9.17, 15) is 0 Å². The summed E-state index contributed by atoms with van der Waals surface area (Å²) in [6.07, 6.45) is 43.3. The predicted molar refractivity (Wildman–Crippen MR) is 176 cm³/mol. The van der Waals surface area contributed by atoms with Crippen molar-refractivity contribution in [2.24, 2.45) is 0 Å². The summed E-state index contributed by atoms with van der Waals surface area (Å²) >= 11 is -0.611. The average Bonchev–Trinajstić information content (AvgIpc) is 2.91. The molecule has 0 saturated heterocycles. The molecule has 0 bridgehead atoms. The Balaban J connectivity index is 4.68. The van der Waals surface area contributed by atoms with Crippen LogP contribution in [0, 0.1) is 0 Å². The van der Waals surface area contributed by atoms with Gasteiger partial charge in [0.1, 0.15) is 0 Å². The normalized spacial score (nSPS) is 12.3. The highest BCUT2D eigenvalue weighted by molar-refractivity contribution is 6.60. The van der Waals surface area contributed by atoms with Gasteiger partial charge < -0.3 is 0 Å². The first kappa shape index (κ1) is 37.5. The molecule has 0 saturated carbocycles. The van der Waals surface area contributed by atoms with Gasteiger partial charge in [0.2, 0.25) is 0 Å². The molecule has 0 spiro atoms. The molecule has 0 fully saturated rings. The van der Waals surface area contributed by atoms with Gasteiger partial charge in [0.05, 0.1) is 0 Å². The summed E-state index contributed by atoms with van der Waals surface area (Å²) in [7, 11) is 0. The molecule has 1 atom stereocenters. The van der Waals surface area contributed by atoms with Gasteiger partial charge in [0.25, 0.3) is 14.1 Å². The van der Waals surface area contributed by atoms with Crippen LogP contribution in [-0.4, -0.2) is 14.1 Å². The third-order valence-electron chi connectivity index (χ3n) is 9.13. The van der Waals surface area contributed by atoms with E-state index in [0.29, 0.717) is 0 Å². The second-order valence-corrected chi connectivity index (χ2v) is 16.4. The third kappa shape index (κ3) is 27.9. The standard InChI is InChI=1S/C20H41.2C8H17.Al/c1-3-5-7-9-11-13-15-17-19-20-18-16-14-12-10-8-6-4-2;2*1-3-5-7-8-6-4-2;/h19H,3-18,20H2,1-2H3;2*1,3-8H2,2H3;. The summed E-state index contributed by atoms with van der Waals surface area (Å²) in [5, 5.41) is 3.36. The molecule has 0 N–H and O–H groups in total. The molecule has 0 radical (unpaired) electrons. The maximum absolute atomic E-state index is 2.35. The maximum Gasteiger partial charge on any atom is 0.265 e. The lowest BCUT2D eigenvalue weighted by atomic mass is 10.0. The summed E-state index contributed by atoms with van der Waals surface area (Å²) in [6.45, 7) is 9.38. The molecule has 37 heavy (non-hydrogen) atoms. The smallest absolute Gasteiger partial charge is 0.0937 e. The van der Waals surface area contributed by atoms with E-state index in [4.69, 9.17) is 0 Å². The Kier molecular flexibility index (Phi) is 33.2. The fourth-order valence-electron chi connectivity index (χ4n) is 6.51. The van der Waals surface area contributed by atoms with Crippen LogP contribution in [0.2, 0.25) is 15.3 Å². The quantitative estimate of drug-likeness (QED) is 0.0594. The lowest BCUT2D eigenvalue weighted by molar-refractivity contribution is 0.518. The average molecular weight is 535 g/mol. The van der Waals surface area contributed by atoms with Gasteiger partial charge >= 0.3 is 0 Å². The van der Waals surface area contributed by atoms with Gasteiger partial charge in [0.15, 0.2) is 0 Å². The van der Waals surface area contributed by atoms with E-state index in [1.807, 2.05) is 0 Å². The molecule has 0 amide bonds. The first-order valence-corrected chi connectivity index (χ1v) is 20.6. The van der Waals surface area contributed by atoms with E-state index in [1.165, 1.54) is 152 Å². The van der Waals surface area contributed by atoms with E-state index >= 15 is 0 Å². The molecular weight excluding hydrogens is 459 g/mol. The van der Waals surface area contributed by atoms with Gasteiger partial charge in [-0.05, 0) is 0 Å². The fraction of sp³-hybridized carbons (Fsp3) is 1.00. The molecule has 0 rings (SSSR count). The van der Waals surface area contributed by atoms with Gasteiger partial charge in [-0.1, -0.05) is 229 Å². The third-order valence-corrected chi connectivity index (χ3v) is 13.4. The Morgan fingerprint density at radius 2 is 0.541 bits per heavy atom. The number of hydrogen-bond acceptors (Lipinski definition) is 0. The van der Waals surface area contributed by atoms with Crippen LogP contribution in [0.3, 0.4) is 0 Å². The minimum Gasteiger partial charge on any atom is -0.0937 e. The molecule has 0 heterocycles. The van der Waals surface area contributed by atoms with Crippen molar-refractivity contribution >= 4 is 14.1 Å². The minimum absolute atomic E-state index is 0.611.